The van der Waals surface area contributed by atoms with Crippen LogP contribution in [0.3, 0.4) is 0 Å². The average molecular weight is 455 g/mol. The van der Waals surface area contributed by atoms with Crippen LogP contribution in [0.4, 0.5) is 0 Å². The van der Waals surface area contributed by atoms with E-state index in [0.29, 0.717) is 32.2 Å². The molecule has 0 bridgehead atoms. The van der Waals surface area contributed by atoms with Gasteiger partial charge in [0.15, 0.2) is 0 Å². The molecule has 5 atom stereocenters. The molecule has 0 radical (unpaired) electrons. The molecule has 2 aliphatic carbocycles. The maximum absolute atomic E-state index is 12.7. The average Bonchev–Trinajstić information content (AvgIpc) is 3.14. The van der Waals surface area contributed by atoms with E-state index >= 15 is 0 Å². The summed E-state index contributed by atoms with van der Waals surface area (Å²) < 4.78 is 0. The highest BCUT2D eigenvalue weighted by molar-refractivity contribution is 5.92. The number of carbonyl (C=O) groups excluding carboxylic acids is 4. The van der Waals surface area contributed by atoms with Crippen molar-refractivity contribution in [2.45, 2.75) is 94.1 Å². The highest BCUT2D eigenvalue weighted by Crippen LogP contribution is 2.44. The Balaban J connectivity index is 1.65. The van der Waals surface area contributed by atoms with Crippen LogP contribution in [-0.2, 0) is 19.2 Å². The summed E-state index contributed by atoms with van der Waals surface area (Å²) in [6, 6.07) is -1.92. The lowest BCUT2D eigenvalue weighted by atomic mass is 9.76. The number of aliphatic carboxylic acids is 1. The molecule has 0 unspecified atom stereocenters. The molecule has 6 N–H and O–H groups in total. The number of carboxylic acids is 1. The van der Waals surface area contributed by atoms with Crippen molar-refractivity contribution in [2.75, 3.05) is 6.54 Å². The number of piperidine rings is 1. The number of hydrogen-bond donors (Lipinski definition) is 6. The number of carboxylic acid groups (broad SMARTS) is 1. The van der Waals surface area contributed by atoms with Crippen molar-refractivity contribution in [1.29, 1.82) is 0 Å². The van der Waals surface area contributed by atoms with Crippen molar-refractivity contribution in [1.82, 2.24) is 16.0 Å². The number of nitrogens with one attached hydrogen (secondary N) is 3. The number of aliphatic hydroxyl groups is 3. The summed E-state index contributed by atoms with van der Waals surface area (Å²) in [4.78, 5) is 48.5. The van der Waals surface area contributed by atoms with E-state index in [-0.39, 0.29) is 25.2 Å². The fraction of sp³-hybridized carbons (Fsp3) is 0.810. The van der Waals surface area contributed by atoms with Gasteiger partial charge in [0.2, 0.25) is 11.8 Å². The third-order valence-corrected chi connectivity index (χ3v) is 6.99. The summed E-state index contributed by atoms with van der Waals surface area (Å²) >= 11 is 0. The summed E-state index contributed by atoms with van der Waals surface area (Å²) in [6.07, 6.45) is -0.194. The Morgan fingerprint density at radius 3 is 2.38 bits per heavy atom. The van der Waals surface area contributed by atoms with E-state index < -0.39 is 59.5 Å². The lowest BCUT2D eigenvalue weighted by molar-refractivity contribution is -0.308. The first-order valence-corrected chi connectivity index (χ1v) is 11.2. The largest absolute Gasteiger partial charge is 0.550 e. The minimum absolute atomic E-state index is 0.0901. The molecule has 3 aliphatic rings. The lowest BCUT2D eigenvalue weighted by Gasteiger charge is -2.42. The first-order valence-electron chi connectivity index (χ1n) is 11.2. The van der Waals surface area contributed by atoms with Crippen LogP contribution in [0.25, 0.3) is 0 Å². The van der Waals surface area contributed by atoms with Crippen molar-refractivity contribution >= 4 is 23.7 Å². The van der Waals surface area contributed by atoms with E-state index in [9.17, 15) is 39.6 Å². The van der Waals surface area contributed by atoms with E-state index in [2.05, 4.69) is 16.0 Å². The van der Waals surface area contributed by atoms with Gasteiger partial charge in [0.05, 0.1) is 12.1 Å². The summed E-state index contributed by atoms with van der Waals surface area (Å²) in [5.41, 5.74) is -2.81. The van der Waals surface area contributed by atoms with E-state index in [4.69, 9.17) is 0 Å². The molecule has 0 aromatic carbocycles. The Morgan fingerprint density at radius 2 is 1.75 bits per heavy atom. The number of aliphatic hydroxyl groups excluding tert-OH is 2. The molecule has 3 fully saturated rings. The van der Waals surface area contributed by atoms with Crippen molar-refractivity contribution in [2.24, 2.45) is 5.41 Å². The van der Waals surface area contributed by atoms with Gasteiger partial charge in [0, 0.05) is 31.8 Å². The van der Waals surface area contributed by atoms with Crippen LogP contribution in [0.15, 0.2) is 0 Å². The standard InChI is InChI=1S/C21H33N3O8/c25-14-9-21(32,19(31)24-12-4-3-7-22-18(12)30)8-13(17(14)29)23-15(26)10-20(11-16(27)28)5-1-2-6-20/h12-14,17,25,29,32H,1-11H2,(H,22,30)(H,23,26)(H,24,31)(H,27,28)/p-1/t12-,13-,14+,17+,21-/m0/s1. The minimum atomic E-state index is -2.09. The highest BCUT2D eigenvalue weighted by Gasteiger charge is 2.50. The number of carbonyl (C=O) groups is 4. The maximum Gasteiger partial charge on any atom is 0.252 e. The molecule has 1 aliphatic heterocycles. The molecule has 11 heteroatoms. The second kappa shape index (κ2) is 9.72. The van der Waals surface area contributed by atoms with Gasteiger partial charge in [0.25, 0.3) is 5.91 Å². The second-order valence-electron chi connectivity index (χ2n) is 9.56. The zero-order valence-corrected chi connectivity index (χ0v) is 18.0. The van der Waals surface area contributed by atoms with Crippen LogP contribution in [0.2, 0.25) is 0 Å². The number of rotatable bonds is 7. The van der Waals surface area contributed by atoms with E-state index in [0.717, 1.165) is 12.8 Å². The Kier molecular flexibility index (Phi) is 7.41. The number of hydrogen-bond acceptors (Lipinski definition) is 8. The molecule has 3 amide bonds. The van der Waals surface area contributed by atoms with Crippen molar-refractivity contribution in [3.8, 4) is 0 Å². The first-order chi connectivity index (χ1) is 15.0. The molecule has 3 rings (SSSR count). The predicted molar refractivity (Wildman–Crippen MR) is 107 cm³/mol. The molecule has 32 heavy (non-hydrogen) atoms. The van der Waals surface area contributed by atoms with Gasteiger partial charge in [-0.25, -0.2) is 0 Å². The Bertz CT molecular complexity index is 753. The molecule has 0 aromatic heterocycles. The van der Waals surface area contributed by atoms with Crippen LogP contribution in [0, 0.1) is 5.41 Å². The summed E-state index contributed by atoms with van der Waals surface area (Å²) in [5, 5.41) is 50.4. The minimum Gasteiger partial charge on any atom is -0.550 e. The van der Waals surface area contributed by atoms with Gasteiger partial charge in [-0.05, 0) is 37.5 Å². The highest BCUT2D eigenvalue weighted by atomic mass is 16.4. The van der Waals surface area contributed by atoms with Gasteiger partial charge in [-0.1, -0.05) is 12.8 Å². The van der Waals surface area contributed by atoms with Gasteiger partial charge in [-0.15, -0.1) is 0 Å². The quantitative estimate of drug-likeness (QED) is 0.238. The van der Waals surface area contributed by atoms with Crippen molar-refractivity contribution in [3.05, 3.63) is 0 Å². The Labute approximate surface area is 185 Å². The van der Waals surface area contributed by atoms with Crippen molar-refractivity contribution in [3.63, 3.8) is 0 Å². The van der Waals surface area contributed by atoms with Gasteiger partial charge < -0.3 is 41.2 Å². The van der Waals surface area contributed by atoms with Crippen LogP contribution in [-0.4, -0.2) is 75.4 Å². The summed E-state index contributed by atoms with van der Waals surface area (Å²) in [6.45, 7) is 0.508. The molecule has 0 spiro atoms. The normalized spacial score (nSPS) is 34.4. The fourth-order valence-corrected chi connectivity index (χ4v) is 5.27. The third-order valence-electron chi connectivity index (χ3n) is 6.99. The van der Waals surface area contributed by atoms with Gasteiger partial charge in [-0.3, -0.25) is 14.4 Å². The maximum atomic E-state index is 12.7. The summed E-state index contributed by atoms with van der Waals surface area (Å²) in [7, 11) is 0. The Morgan fingerprint density at radius 1 is 1.06 bits per heavy atom. The summed E-state index contributed by atoms with van der Waals surface area (Å²) in [5.74, 6) is -2.97. The van der Waals surface area contributed by atoms with E-state index in [1.807, 2.05) is 0 Å². The van der Waals surface area contributed by atoms with Crippen molar-refractivity contribution < 1.29 is 39.6 Å². The SMILES string of the molecule is O=C([O-])CC1(CC(=O)N[C@H]2C[C@@](O)(C(=O)N[C@H]3CCCNC3=O)C[C@@H](O)[C@@H]2O)CCCC1. The lowest BCUT2D eigenvalue weighted by Crippen LogP contribution is -2.64. The first kappa shape index (κ1) is 24.4. The molecule has 180 valence electrons. The molecular weight excluding hydrogens is 422 g/mol. The predicted octanol–water partition coefficient (Wildman–Crippen LogP) is -2.80. The van der Waals surface area contributed by atoms with E-state index in [1.54, 1.807) is 0 Å². The van der Waals surface area contributed by atoms with Gasteiger partial charge in [-0.2, -0.15) is 0 Å². The molecule has 0 aromatic rings. The smallest absolute Gasteiger partial charge is 0.252 e. The molecule has 2 saturated carbocycles. The number of amides is 3. The zero-order valence-electron chi connectivity index (χ0n) is 18.0. The third kappa shape index (κ3) is 5.57. The van der Waals surface area contributed by atoms with Crippen LogP contribution in [0.1, 0.15) is 64.2 Å². The second-order valence-corrected chi connectivity index (χ2v) is 9.56. The van der Waals surface area contributed by atoms with Gasteiger partial charge in [0.1, 0.15) is 17.7 Å². The van der Waals surface area contributed by atoms with Crippen LogP contribution in [0.5, 0.6) is 0 Å². The molecule has 11 nitrogen and oxygen atoms in total. The topological polar surface area (TPSA) is 188 Å². The monoisotopic (exact) mass is 454 g/mol. The zero-order chi connectivity index (χ0) is 23.5. The Hall–Kier alpha value is -2.24. The van der Waals surface area contributed by atoms with E-state index in [1.165, 1.54) is 0 Å². The fourth-order valence-electron chi connectivity index (χ4n) is 5.27. The molecule has 1 saturated heterocycles. The van der Waals surface area contributed by atoms with Gasteiger partial charge >= 0.3 is 0 Å². The molecular formula is C21H32N3O8-. The van der Waals surface area contributed by atoms with Crippen LogP contribution < -0.4 is 21.1 Å². The van der Waals surface area contributed by atoms with Crippen LogP contribution >= 0.6 is 0 Å². The molecule has 1 heterocycles.